The fourth-order valence-electron chi connectivity index (χ4n) is 6.48. The Hall–Kier alpha value is -3.92. The van der Waals surface area contributed by atoms with Crippen LogP contribution in [0.3, 0.4) is 0 Å². The van der Waals surface area contributed by atoms with Crippen molar-refractivity contribution in [3.8, 4) is 45.0 Å². The van der Waals surface area contributed by atoms with Crippen molar-refractivity contribution in [2.75, 3.05) is 0 Å². The topological polar surface area (TPSA) is 57.4 Å². The Morgan fingerprint density at radius 3 is 1.50 bits per heavy atom. The number of hydrogen-bond donors (Lipinski definition) is 4. The number of thiol groups is 2. The Morgan fingerprint density at radius 2 is 0.841 bits per heavy atom. The maximum atomic E-state index is 5.22. The Morgan fingerprint density at radius 1 is 0.409 bits per heavy atom. The van der Waals surface area contributed by atoms with Crippen LogP contribution in [0.2, 0.25) is 0 Å². The van der Waals surface area contributed by atoms with Crippen LogP contribution in [0, 0.1) is 0 Å². The molecule has 4 aromatic carbocycles. The molecule has 0 fully saturated rings. The van der Waals surface area contributed by atoms with Gasteiger partial charge in [0.15, 0.2) is 0 Å². The van der Waals surface area contributed by atoms with Crippen molar-refractivity contribution in [2.45, 2.75) is 9.79 Å². The molecule has 0 radical (unpaired) electrons. The lowest BCUT2D eigenvalue weighted by molar-refractivity contribution is 1.40. The van der Waals surface area contributed by atoms with Crippen LogP contribution in [0.4, 0.5) is 0 Å². The molecule has 8 heteroatoms. The highest BCUT2D eigenvalue weighted by Gasteiger charge is 2.20. The maximum Gasteiger partial charge on any atom is 0.0737 e. The van der Waals surface area contributed by atoms with Crippen LogP contribution in [0.15, 0.2) is 107 Å². The summed E-state index contributed by atoms with van der Waals surface area (Å²) in [5, 5.41) is 6.70. The zero-order valence-electron chi connectivity index (χ0n) is 23.2. The Labute approximate surface area is 268 Å². The largest absolute Gasteiger partial charge is 0.354 e. The molecule has 2 aliphatic rings. The summed E-state index contributed by atoms with van der Waals surface area (Å²) in [4.78, 5) is 19.7. The second-order valence-electron chi connectivity index (χ2n) is 11.3. The van der Waals surface area contributed by atoms with Crippen molar-refractivity contribution < 1.29 is 0 Å². The monoisotopic (exact) mass is 638 g/mol. The molecule has 3 aromatic heterocycles. The number of fused-ring (bicyclic) bond motifs is 20. The third-order valence-corrected chi connectivity index (χ3v) is 9.78. The number of aromatic nitrogens is 4. The van der Waals surface area contributed by atoms with E-state index >= 15 is 0 Å². The van der Waals surface area contributed by atoms with Gasteiger partial charge in [0.1, 0.15) is 0 Å². The highest BCUT2D eigenvalue weighted by molar-refractivity contribution is 7.80. The lowest BCUT2D eigenvalue weighted by atomic mass is 10.0. The highest BCUT2D eigenvalue weighted by atomic mass is 32.1. The van der Waals surface area contributed by atoms with Gasteiger partial charge in [-0.15, -0.1) is 43.7 Å². The molecule has 2 N–H and O–H groups in total. The van der Waals surface area contributed by atoms with Gasteiger partial charge in [-0.2, -0.15) is 0 Å². The Bertz CT molecular complexity index is 2570. The molecule has 210 valence electrons. The summed E-state index contributed by atoms with van der Waals surface area (Å²) in [6.07, 6.45) is 0. The zero-order valence-corrected chi connectivity index (χ0v) is 27.3. The van der Waals surface area contributed by atoms with E-state index in [0.717, 1.165) is 109 Å². The molecular weight excluding hydrogens is 615 g/mol. The minimum Gasteiger partial charge on any atom is -0.354 e. The number of nitrogens with zero attached hydrogens (tertiary/aromatic N) is 2. The number of rotatable bonds is 0. The molecule has 8 bridgehead atoms. The van der Waals surface area contributed by atoms with Crippen LogP contribution in [0.1, 0.15) is 0 Å². The molecule has 0 amide bonds. The SMILES string of the molecule is Pc1ccc2c(c1)-c1cc3[nH]c(cc4nc(cc5[nH]c(cc-2n1)c1ccc(S)cc51)-c1ccc(S)cc1-4)c1cc(P)ccc31. The third kappa shape index (κ3) is 4.17. The number of nitrogens with one attached hydrogen (secondary N) is 2. The summed E-state index contributed by atoms with van der Waals surface area (Å²) >= 11 is 9.36. The molecule has 5 heterocycles. The van der Waals surface area contributed by atoms with Crippen molar-refractivity contribution in [3.63, 3.8) is 0 Å². The van der Waals surface area contributed by atoms with Crippen molar-refractivity contribution in [1.29, 1.82) is 0 Å². The van der Waals surface area contributed by atoms with Crippen LogP contribution >= 0.6 is 43.7 Å². The summed E-state index contributed by atoms with van der Waals surface area (Å²) in [6.45, 7) is 0. The summed E-state index contributed by atoms with van der Waals surface area (Å²) in [6, 6.07) is 34.1. The summed E-state index contributed by atoms with van der Waals surface area (Å²) in [7, 11) is 5.65. The molecule has 2 unspecified atom stereocenters. The summed E-state index contributed by atoms with van der Waals surface area (Å²) in [5.74, 6) is 0. The van der Waals surface area contributed by atoms with Gasteiger partial charge < -0.3 is 9.97 Å². The van der Waals surface area contributed by atoms with Crippen LogP contribution in [-0.4, -0.2) is 19.9 Å². The first-order valence-corrected chi connectivity index (χ1v) is 16.2. The van der Waals surface area contributed by atoms with E-state index in [1.165, 1.54) is 0 Å². The van der Waals surface area contributed by atoms with Crippen LogP contribution in [-0.2, 0) is 0 Å². The van der Waals surface area contributed by atoms with Crippen LogP contribution in [0.5, 0.6) is 0 Å². The first kappa shape index (κ1) is 26.5. The third-order valence-electron chi connectivity index (χ3n) is 8.50. The van der Waals surface area contributed by atoms with Gasteiger partial charge in [0.2, 0.25) is 0 Å². The van der Waals surface area contributed by atoms with Crippen molar-refractivity contribution in [3.05, 3.63) is 97.1 Å². The average molecular weight is 639 g/mol. The van der Waals surface area contributed by atoms with E-state index in [2.05, 4.69) is 139 Å². The van der Waals surface area contributed by atoms with Crippen molar-refractivity contribution in [2.24, 2.45) is 0 Å². The fourth-order valence-corrected chi connectivity index (χ4v) is 7.41. The second kappa shape index (κ2) is 9.79. The van der Waals surface area contributed by atoms with E-state index in [4.69, 9.17) is 9.97 Å². The molecule has 2 aliphatic heterocycles. The van der Waals surface area contributed by atoms with E-state index in [9.17, 15) is 0 Å². The molecule has 0 saturated heterocycles. The first-order chi connectivity index (χ1) is 21.4. The molecule has 2 atom stereocenters. The number of hydrogen-bond acceptors (Lipinski definition) is 4. The van der Waals surface area contributed by atoms with Crippen molar-refractivity contribution >= 4 is 98.0 Å². The lowest BCUT2D eigenvalue weighted by Crippen LogP contribution is -1.90. The normalized spacial score (nSPS) is 12.1. The van der Waals surface area contributed by atoms with Gasteiger partial charge in [0.05, 0.1) is 22.8 Å². The van der Waals surface area contributed by atoms with Crippen LogP contribution in [0.25, 0.3) is 88.6 Å². The van der Waals surface area contributed by atoms with Gasteiger partial charge in [-0.05, 0) is 71.3 Å². The van der Waals surface area contributed by atoms with Gasteiger partial charge in [0, 0.05) is 75.7 Å². The van der Waals surface area contributed by atoms with E-state index in [1.54, 1.807) is 0 Å². The van der Waals surface area contributed by atoms with E-state index < -0.39 is 0 Å². The van der Waals surface area contributed by atoms with E-state index in [0.29, 0.717) is 0 Å². The molecule has 9 rings (SSSR count). The van der Waals surface area contributed by atoms with E-state index in [1.807, 2.05) is 12.1 Å². The van der Waals surface area contributed by atoms with Crippen molar-refractivity contribution in [1.82, 2.24) is 19.9 Å². The summed E-state index contributed by atoms with van der Waals surface area (Å²) < 4.78 is 0. The van der Waals surface area contributed by atoms with Gasteiger partial charge in [-0.25, -0.2) is 9.97 Å². The molecule has 4 nitrogen and oxygen atoms in total. The quantitative estimate of drug-likeness (QED) is 0.0991. The zero-order chi connectivity index (χ0) is 29.7. The molecular formula is C36H24N4P2S2. The maximum absolute atomic E-state index is 5.22. The molecule has 44 heavy (non-hydrogen) atoms. The molecule has 0 aliphatic carbocycles. The number of benzene rings is 4. The number of H-pyrrole nitrogens is 2. The van der Waals surface area contributed by atoms with Crippen LogP contribution < -0.4 is 10.6 Å². The standard InChI is InChI=1S/C36H24N4P2S2/c41-17-1-5-21-25(9-17)33-14-31-22-6-2-18(42)10-26(22)34(38-31)16-36-28-12-20(44)4-8-24(28)32(40-36)15-35-27-11-19(43)3-7-23(27)30(39-35)13-29(21)37-33/h1-16,38-39,43-44H,41-42H2. The number of aromatic amines is 2. The minimum atomic E-state index is 0.891. The van der Waals surface area contributed by atoms with Gasteiger partial charge in [0.25, 0.3) is 0 Å². The fraction of sp³-hybridized carbons (Fsp3) is 0. The first-order valence-electron chi connectivity index (χ1n) is 14.2. The second-order valence-corrected chi connectivity index (χ2v) is 13.7. The average Bonchev–Trinajstić information content (AvgIpc) is 3.71. The predicted molar refractivity (Wildman–Crippen MR) is 198 cm³/mol. The lowest BCUT2D eigenvalue weighted by Gasteiger charge is -2.00. The predicted octanol–water partition coefficient (Wildman–Crippen LogP) is 8.87. The molecule has 0 saturated carbocycles. The van der Waals surface area contributed by atoms with Gasteiger partial charge in [-0.1, -0.05) is 36.4 Å². The Balaban J connectivity index is 1.51. The highest BCUT2D eigenvalue weighted by Crippen LogP contribution is 2.41. The Kier molecular flexibility index (Phi) is 5.89. The molecule has 0 spiro atoms. The molecule has 7 aromatic rings. The smallest absolute Gasteiger partial charge is 0.0737 e. The minimum absolute atomic E-state index is 0.891. The summed E-state index contributed by atoms with van der Waals surface area (Å²) in [5.41, 5.74) is 12.0. The van der Waals surface area contributed by atoms with Gasteiger partial charge >= 0.3 is 0 Å². The van der Waals surface area contributed by atoms with E-state index in [-0.39, 0.29) is 0 Å². The van der Waals surface area contributed by atoms with Gasteiger partial charge in [-0.3, -0.25) is 0 Å².